The fourth-order valence-corrected chi connectivity index (χ4v) is 5.44. The largest absolute Gasteiger partial charge is 0.497 e. The summed E-state index contributed by atoms with van der Waals surface area (Å²) in [4.78, 5) is 11.2. The van der Waals surface area contributed by atoms with Gasteiger partial charge in [0.15, 0.2) is 0 Å². The van der Waals surface area contributed by atoms with Gasteiger partial charge in [-0.3, -0.25) is 0 Å². The monoisotopic (exact) mass is 483 g/mol. The molecule has 1 N–H and O–H groups in total. The number of methoxy groups -OCH3 is 2. The highest BCUT2D eigenvalue weighted by Crippen LogP contribution is 2.31. The minimum atomic E-state index is -3.75. The summed E-state index contributed by atoms with van der Waals surface area (Å²) in [6.07, 6.45) is 0. The third-order valence-electron chi connectivity index (χ3n) is 5.70. The normalized spacial score (nSPS) is 14.6. The van der Waals surface area contributed by atoms with Crippen LogP contribution in [0.4, 0.5) is 17.3 Å². The van der Waals surface area contributed by atoms with Crippen molar-refractivity contribution in [1.82, 2.24) is 14.3 Å². The van der Waals surface area contributed by atoms with E-state index >= 15 is 0 Å². The number of hydrogen-bond acceptors (Lipinski definition) is 8. The van der Waals surface area contributed by atoms with Gasteiger partial charge in [-0.1, -0.05) is 17.7 Å². The van der Waals surface area contributed by atoms with E-state index in [1.807, 2.05) is 44.2 Å². The minimum Gasteiger partial charge on any atom is -0.497 e. The van der Waals surface area contributed by atoms with E-state index in [2.05, 4.69) is 20.2 Å². The minimum absolute atomic E-state index is 0.102. The van der Waals surface area contributed by atoms with E-state index in [0.717, 1.165) is 11.5 Å². The number of aryl methyl sites for hydroxylation is 2. The number of hydrogen-bond donors (Lipinski definition) is 1. The maximum absolute atomic E-state index is 13.3. The number of sulfonamides is 1. The Morgan fingerprint density at radius 1 is 0.882 bits per heavy atom. The van der Waals surface area contributed by atoms with E-state index in [-0.39, 0.29) is 4.90 Å². The molecule has 1 aliphatic rings. The van der Waals surface area contributed by atoms with Crippen LogP contribution >= 0.6 is 0 Å². The molecule has 2 heterocycles. The molecular formula is C24H29N5O4S. The molecule has 1 saturated heterocycles. The lowest BCUT2D eigenvalue weighted by molar-refractivity contribution is 0.370. The Labute approximate surface area is 200 Å². The number of anilines is 3. The molecular weight excluding hydrogens is 454 g/mol. The Morgan fingerprint density at radius 3 is 2.24 bits per heavy atom. The second kappa shape index (κ2) is 9.86. The molecule has 0 bridgehead atoms. The molecule has 1 aliphatic heterocycles. The second-order valence-electron chi connectivity index (χ2n) is 8.06. The zero-order chi connectivity index (χ0) is 24.3. The Balaban J connectivity index is 1.50. The van der Waals surface area contributed by atoms with Gasteiger partial charge in [-0.15, -0.1) is 0 Å². The molecule has 0 unspecified atom stereocenters. The zero-order valence-corrected chi connectivity index (χ0v) is 20.6. The van der Waals surface area contributed by atoms with Crippen molar-refractivity contribution in [3.63, 3.8) is 0 Å². The number of benzene rings is 2. The third kappa shape index (κ3) is 5.07. The lowest BCUT2D eigenvalue weighted by Crippen LogP contribution is -2.49. The first-order valence-corrected chi connectivity index (χ1v) is 12.4. The van der Waals surface area contributed by atoms with Crippen molar-refractivity contribution in [2.24, 2.45) is 0 Å². The molecule has 3 aromatic rings. The Hall–Kier alpha value is -3.37. The molecule has 0 saturated carbocycles. The summed E-state index contributed by atoms with van der Waals surface area (Å²) in [5, 5.41) is 3.32. The predicted octanol–water partition coefficient (Wildman–Crippen LogP) is 3.37. The van der Waals surface area contributed by atoms with Crippen LogP contribution in [0.2, 0.25) is 0 Å². The number of aromatic nitrogens is 2. The Kier molecular flexibility index (Phi) is 6.90. The van der Waals surface area contributed by atoms with Gasteiger partial charge in [0.25, 0.3) is 0 Å². The molecule has 2 aromatic carbocycles. The van der Waals surface area contributed by atoms with Crippen LogP contribution in [0.3, 0.4) is 0 Å². The fourth-order valence-electron chi connectivity index (χ4n) is 3.84. The highest BCUT2D eigenvalue weighted by molar-refractivity contribution is 7.89. The highest BCUT2D eigenvalue weighted by atomic mass is 32.2. The standard InChI is InChI=1S/C24H29N5O4S/c1-17-5-7-19(8-6-17)27-23-16-24(26-18(2)25-23)28-11-13-29(14-12-28)34(30,31)22-15-20(32-3)9-10-21(22)33-4/h5-10,15-16H,11-14H2,1-4H3,(H,25,26,27). The van der Waals surface area contributed by atoms with Crippen molar-refractivity contribution < 1.29 is 17.9 Å². The van der Waals surface area contributed by atoms with Crippen molar-refractivity contribution in [1.29, 1.82) is 0 Å². The number of ether oxygens (including phenoxy) is 2. The van der Waals surface area contributed by atoms with E-state index in [4.69, 9.17) is 9.47 Å². The van der Waals surface area contributed by atoms with Gasteiger partial charge in [0.2, 0.25) is 10.0 Å². The molecule has 34 heavy (non-hydrogen) atoms. The van der Waals surface area contributed by atoms with Gasteiger partial charge in [0.05, 0.1) is 14.2 Å². The number of piperazine rings is 1. The average Bonchev–Trinajstić information content (AvgIpc) is 2.84. The van der Waals surface area contributed by atoms with Crippen LogP contribution in [0.5, 0.6) is 11.5 Å². The summed E-state index contributed by atoms with van der Waals surface area (Å²) < 4.78 is 38.7. The van der Waals surface area contributed by atoms with Crippen molar-refractivity contribution >= 4 is 27.3 Å². The quantitative estimate of drug-likeness (QED) is 0.546. The van der Waals surface area contributed by atoms with Gasteiger partial charge < -0.3 is 19.7 Å². The average molecular weight is 484 g/mol. The summed E-state index contributed by atoms with van der Waals surface area (Å²) in [7, 11) is -0.788. The maximum atomic E-state index is 13.3. The number of nitrogens with one attached hydrogen (secondary N) is 1. The van der Waals surface area contributed by atoms with Gasteiger partial charge in [0.1, 0.15) is 33.9 Å². The van der Waals surface area contributed by atoms with Crippen molar-refractivity contribution in [2.45, 2.75) is 18.7 Å². The van der Waals surface area contributed by atoms with Crippen molar-refractivity contribution in [3.8, 4) is 11.5 Å². The summed E-state index contributed by atoms with van der Waals surface area (Å²) in [6.45, 7) is 5.55. The summed E-state index contributed by atoms with van der Waals surface area (Å²) in [6, 6.07) is 14.7. The Bertz CT molecular complexity index is 1260. The predicted molar refractivity (Wildman–Crippen MR) is 132 cm³/mol. The second-order valence-corrected chi connectivity index (χ2v) is 9.96. The van der Waals surface area contributed by atoms with E-state index in [9.17, 15) is 8.42 Å². The molecule has 0 radical (unpaired) electrons. The molecule has 1 aromatic heterocycles. The number of rotatable bonds is 7. The lowest BCUT2D eigenvalue weighted by Gasteiger charge is -2.35. The van der Waals surface area contributed by atoms with Crippen LogP contribution in [0.25, 0.3) is 0 Å². The third-order valence-corrected chi connectivity index (χ3v) is 7.62. The number of nitrogens with zero attached hydrogens (tertiary/aromatic N) is 4. The van der Waals surface area contributed by atoms with Gasteiger partial charge in [-0.05, 0) is 38.1 Å². The molecule has 1 fully saturated rings. The highest BCUT2D eigenvalue weighted by Gasteiger charge is 2.31. The molecule has 0 atom stereocenters. The van der Waals surface area contributed by atoms with Crippen LogP contribution in [-0.2, 0) is 10.0 Å². The molecule has 10 heteroatoms. The fraction of sp³-hybridized carbons (Fsp3) is 0.333. The van der Waals surface area contributed by atoms with Crippen LogP contribution in [0, 0.1) is 13.8 Å². The van der Waals surface area contributed by atoms with Crippen molar-refractivity contribution in [3.05, 3.63) is 59.9 Å². The van der Waals surface area contributed by atoms with E-state index in [1.54, 1.807) is 12.1 Å². The first kappa shape index (κ1) is 23.8. The van der Waals surface area contributed by atoms with Crippen LogP contribution < -0.4 is 19.7 Å². The maximum Gasteiger partial charge on any atom is 0.247 e. The molecule has 0 amide bonds. The summed E-state index contributed by atoms with van der Waals surface area (Å²) in [5.74, 6) is 2.86. The van der Waals surface area contributed by atoms with E-state index in [1.165, 1.54) is 30.2 Å². The first-order valence-electron chi connectivity index (χ1n) is 11.0. The smallest absolute Gasteiger partial charge is 0.247 e. The lowest BCUT2D eigenvalue weighted by atomic mass is 10.2. The zero-order valence-electron chi connectivity index (χ0n) is 19.8. The molecule has 0 aliphatic carbocycles. The molecule has 9 nitrogen and oxygen atoms in total. The van der Waals surface area contributed by atoms with Crippen LogP contribution in [0.15, 0.2) is 53.4 Å². The molecule has 180 valence electrons. The topological polar surface area (TPSA) is 96.9 Å². The molecule has 4 rings (SSSR count). The Morgan fingerprint density at radius 2 is 1.59 bits per heavy atom. The van der Waals surface area contributed by atoms with Gasteiger partial charge in [-0.2, -0.15) is 4.31 Å². The van der Waals surface area contributed by atoms with Crippen molar-refractivity contribution in [2.75, 3.05) is 50.6 Å². The summed E-state index contributed by atoms with van der Waals surface area (Å²) in [5.41, 5.74) is 2.13. The first-order chi connectivity index (χ1) is 16.3. The molecule has 0 spiro atoms. The van der Waals surface area contributed by atoms with Crippen LogP contribution in [0.1, 0.15) is 11.4 Å². The summed E-state index contributed by atoms with van der Waals surface area (Å²) >= 11 is 0. The van der Waals surface area contributed by atoms with E-state index < -0.39 is 10.0 Å². The van der Waals surface area contributed by atoms with Gasteiger partial charge >= 0.3 is 0 Å². The SMILES string of the molecule is COc1ccc(OC)c(S(=O)(=O)N2CCN(c3cc(Nc4ccc(C)cc4)nc(C)n3)CC2)c1. The van der Waals surface area contributed by atoms with E-state index in [0.29, 0.717) is 49.3 Å². The van der Waals surface area contributed by atoms with Gasteiger partial charge in [0, 0.05) is 44.0 Å². The van der Waals surface area contributed by atoms with Crippen LogP contribution in [-0.4, -0.2) is 63.1 Å². The van der Waals surface area contributed by atoms with Gasteiger partial charge in [-0.25, -0.2) is 18.4 Å².